The third-order valence-corrected chi connectivity index (χ3v) is 4.20. The van der Waals surface area contributed by atoms with E-state index in [0.717, 1.165) is 6.07 Å². The summed E-state index contributed by atoms with van der Waals surface area (Å²) < 4.78 is 44.7. The summed E-state index contributed by atoms with van der Waals surface area (Å²) in [6.07, 6.45) is -1.30. The van der Waals surface area contributed by atoms with Gasteiger partial charge in [0.05, 0.1) is 21.6 Å². The standard InChI is InChI=1S/C19H12ClF3N4O/c20-15-3-1-11(9-14(15)19(21,22)23)25-18-26-16-4-2-13(10-17(16)27-18)28-12-5-7-24-8-6-12/h1-10H,(H2,25,26,27). The molecule has 0 aliphatic heterocycles. The monoisotopic (exact) mass is 404 g/mol. The van der Waals surface area contributed by atoms with E-state index in [1.807, 2.05) is 0 Å². The van der Waals surface area contributed by atoms with Gasteiger partial charge in [-0.15, -0.1) is 0 Å². The number of aromatic nitrogens is 3. The maximum Gasteiger partial charge on any atom is 0.417 e. The van der Waals surface area contributed by atoms with Crippen LogP contribution in [-0.4, -0.2) is 15.0 Å². The van der Waals surface area contributed by atoms with Gasteiger partial charge in [0.25, 0.3) is 0 Å². The quantitative estimate of drug-likeness (QED) is 0.427. The number of hydrogen-bond acceptors (Lipinski definition) is 4. The molecule has 4 aromatic rings. The highest BCUT2D eigenvalue weighted by atomic mass is 35.5. The zero-order chi connectivity index (χ0) is 19.7. The number of alkyl halides is 3. The van der Waals surface area contributed by atoms with Gasteiger partial charge >= 0.3 is 6.18 Å². The topological polar surface area (TPSA) is 62.8 Å². The molecule has 0 amide bonds. The molecule has 9 heteroatoms. The van der Waals surface area contributed by atoms with E-state index in [0.29, 0.717) is 28.5 Å². The van der Waals surface area contributed by atoms with E-state index in [1.54, 1.807) is 42.7 Å². The molecule has 4 rings (SSSR count). The summed E-state index contributed by atoms with van der Waals surface area (Å²) in [5.74, 6) is 1.51. The third-order valence-electron chi connectivity index (χ3n) is 3.87. The first-order valence-corrected chi connectivity index (χ1v) is 8.48. The molecule has 0 aliphatic carbocycles. The van der Waals surface area contributed by atoms with Crippen LogP contribution in [0.4, 0.5) is 24.8 Å². The molecule has 5 nitrogen and oxygen atoms in total. The van der Waals surface area contributed by atoms with Gasteiger partial charge in [-0.2, -0.15) is 13.2 Å². The van der Waals surface area contributed by atoms with E-state index in [4.69, 9.17) is 16.3 Å². The van der Waals surface area contributed by atoms with E-state index in [1.165, 1.54) is 12.1 Å². The van der Waals surface area contributed by atoms with Crippen LogP contribution in [0, 0.1) is 0 Å². The van der Waals surface area contributed by atoms with Crippen LogP contribution in [0.3, 0.4) is 0 Å². The Bertz CT molecular complexity index is 1130. The molecule has 2 heterocycles. The lowest BCUT2D eigenvalue weighted by molar-refractivity contribution is -0.137. The van der Waals surface area contributed by atoms with Crippen molar-refractivity contribution in [3.8, 4) is 11.5 Å². The molecule has 142 valence electrons. The minimum Gasteiger partial charge on any atom is -0.457 e. The highest BCUT2D eigenvalue weighted by Gasteiger charge is 2.33. The number of hydrogen-bond donors (Lipinski definition) is 2. The van der Waals surface area contributed by atoms with Crippen LogP contribution in [0.5, 0.6) is 11.5 Å². The van der Waals surface area contributed by atoms with E-state index >= 15 is 0 Å². The van der Waals surface area contributed by atoms with E-state index < -0.39 is 11.7 Å². The van der Waals surface area contributed by atoms with Crippen LogP contribution in [-0.2, 0) is 6.18 Å². The van der Waals surface area contributed by atoms with Crippen molar-refractivity contribution >= 4 is 34.3 Å². The molecule has 2 aromatic carbocycles. The SMILES string of the molecule is FC(F)(F)c1cc(Nc2nc3ccc(Oc4ccncc4)cc3[nH]2)ccc1Cl. The highest BCUT2D eigenvalue weighted by Crippen LogP contribution is 2.36. The maximum atomic E-state index is 13.0. The number of pyridine rings is 1. The van der Waals surface area contributed by atoms with Crippen LogP contribution in [0.25, 0.3) is 11.0 Å². The van der Waals surface area contributed by atoms with Crippen LogP contribution >= 0.6 is 11.6 Å². The lowest BCUT2D eigenvalue weighted by atomic mass is 10.2. The first-order valence-electron chi connectivity index (χ1n) is 8.10. The Morgan fingerprint density at radius 3 is 2.50 bits per heavy atom. The molecule has 2 N–H and O–H groups in total. The van der Waals surface area contributed by atoms with Crippen LogP contribution < -0.4 is 10.1 Å². The number of imidazole rings is 1. The average Bonchev–Trinajstić information content (AvgIpc) is 3.05. The van der Waals surface area contributed by atoms with Crippen molar-refractivity contribution in [3.63, 3.8) is 0 Å². The number of fused-ring (bicyclic) bond motifs is 1. The Hall–Kier alpha value is -3.26. The van der Waals surface area contributed by atoms with Crippen LogP contribution in [0.15, 0.2) is 60.9 Å². The second-order valence-corrected chi connectivity index (χ2v) is 6.27. The number of nitrogens with zero attached hydrogens (tertiary/aromatic N) is 2. The van der Waals surface area contributed by atoms with Gasteiger partial charge in [0.1, 0.15) is 11.5 Å². The Morgan fingerprint density at radius 2 is 1.75 bits per heavy atom. The van der Waals surface area contributed by atoms with Gasteiger partial charge < -0.3 is 15.0 Å². The largest absolute Gasteiger partial charge is 0.457 e. The Kier molecular flexibility index (Phi) is 4.56. The summed E-state index contributed by atoms with van der Waals surface area (Å²) in [4.78, 5) is 11.3. The van der Waals surface area contributed by atoms with Gasteiger partial charge in [0.15, 0.2) is 0 Å². The number of aromatic amines is 1. The average molecular weight is 405 g/mol. The number of H-pyrrole nitrogens is 1. The molecule has 2 aromatic heterocycles. The summed E-state index contributed by atoms with van der Waals surface area (Å²) in [6.45, 7) is 0. The smallest absolute Gasteiger partial charge is 0.417 e. The third kappa shape index (κ3) is 3.86. The maximum absolute atomic E-state index is 13.0. The van der Waals surface area contributed by atoms with Crippen molar-refractivity contribution in [1.29, 1.82) is 0 Å². The molecule has 0 unspecified atom stereocenters. The predicted molar refractivity (Wildman–Crippen MR) is 100 cm³/mol. The number of anilines is 2. The van der Waals surface area contributed by atoms with Gasteiger partial charge in [0.2, 0.25) is 5.95 Å². The summed E-state index contributed by atoms with van der Waals surface area (Å²) in [7, 11) is 0. The van der Waals surface area contributed by atoms with E-state index in [-0.39, 0.29) is 10.7 Å². The second-order valence-electron chi connectivity index (χ2n) is 5.87. The fourth-order valence-corrected chi connectivity index (χ4v) is 2.84. The van der Waals surface area contributed by atoms with Crippen molar-refractivity contribution in [3.05, 3.63) is 71.5 Å². The summed E-state index contributed by atoms with van der Waals surface area (Å²) in [6, 6.07) is 12.3. The number of nitrogens with one attached hydrogen (secondary N) is 2. The summed E-state index contributed by atoms with van der Waals surface area (Å²) >= 11 is 5.64. The molecule has 0 radical (unpaired) electrons. The van der Waals surface area contributed by atoms with Crippen molar-refractivity contribution in [2.24, 2.45) is 0 Å². The first-order chi connectivity index (χ1) is 13.4. The zero-order valence-electron chi connectivity index (χ0n) is 14.1. The molecule has 0 fully saturated rings. The van der Waals surface area contributed by atoms with Crippen molar-refractivity contribution in [1.82, 2.24) is 15.0 Å². The fourth-order valence-electron chi connectivity index (χ4n) is 2.61. The normalized spacial score (nSPS) is 11.6. The molecule has 0 atom stereocenters. The molecule has 0 saturated carbocycles. The van der Waals surface area contributed by atoms with Crippen LogP contribution in [0.2, 0.25) is 5.02 Å². The summed E-state index contributed by atoms with van der Waals surface area (Å²) in [5, 5.41) is 2.47. The molecule has 0 bridgehead atoms. The minimum absolute atomic E-state index is 0.212. The van der Waals surface area contributed by atoms with Crippen molar-refractivity contribution in [2.75, 3.05) is 5.32 Å². The lowest BCUT2D eigenvalue weighted by Gasteiger charge is -2.11. The predicted octanol–water partition coefficient (Wildman–Crippen LogP) is 6.17. The number of benzene rings is 2. The summed E-state index contributed by atoms with van der Waals surface area (Å²) in [5.41, 5.74) is 0.598. The first kappa shape index (κ1) is 18.1. The van der Waals surface area contributed by atoms with E-state index in [9.17, 15) is 13.2 Å². The highest BCUT2D eigenvalue weighted by molar-refractivity contribution is 6.31. The van der Waals surface area contributed by atoms with Gasteiger partial charge in [0, 0.05) is 24.1 Å². The van der Waals surface area contributed by atoms with Gasteiger partial charge in [-0.05, 0) is 42.5 Å². The molecule has 0 aliphatic rings. The Labute approximate surface area is 162 Å². The molecular formula is C19H12ClF3N4O. The Balaban J connectivity index is 1.58. The zero-order valence-corrected chi connectivity index (χ0v) is 14.8. The van der Waals surface area contributed by atoms with E-state index in [2.05, 4.69) is 20.3 Å². The van der Waals surface area contributed by atoms with Gasteiger partial charge in [-0.25, -0.2) is 4.98 Å². The van der Waals surface area contributed by atoms with Gasteiger partial charge in [-0.3, -0.25) is 4.98 Å². The molecular weight excluding hydrogens is 393 g/mol. The fraction of sp³-hybridized carbons (Fsp3) is 0.0526. The van der Waals surface area contributed by atoms with Crippen molar-refractivity contribution < 1.29 is 17.9 Å². The number of halogens is 4. The number of ether oxygens (including phenoxy) is 1. The molecule has 0 saturated heterocycles. The van der Waals surface area contributed by atoms with Crippen molar-refractivity contribution in [2.45, 2.75) is 6.18 Å². The van der Waals surface area contributed by atoms with Gasteiger partial charge in [-0.1, -0.05) is 11.6 Å². The lowest BCUT2D eigenvalue weighted by Crippen LogP contribution is -2.06. The number of rotatable bonds is 4. The second kappa shape index (κ2) is 7.05. The molecule has 28 heavy (non-hydrogen) atoms. The Morgan fingerprint density at radius 1 is 0.964 bits per heavy atom. The van der Waals surface area contributed by atoms with Crippen LogP contribution in [0.1, 0.15) is 5.56 Å². The minimum atomic E-state index is -4.54. The molecule has 0 spiro atoms.